The van der Waals surface area contributed by atoms with Crippen LogP contribution in [0.15, 0.2) is 108 Å². The molecule has 4 aromatic rings. The molecule has 1 aliphatic heterocycles. The predicted molar refractivity (Wildman–Crippen MR) is 140 cm³/mol. The third-order valence-electron chi connectivity index (χ3n) is 6.49. The number of methoxy groups -OCH3 is 1. The third kappa shape index (κ3) is 4.96. The summed E-state index contributed by atoms with van der Waals surface area (Å²) in [6, 6.07) is 30.0. The fourth-order valence-electron chi connectivity index (χ4n) is 4.66. The second kappa shape index (κ2) is 9.98. The molecule has 0 saturated carbocycles. The van der Waals surface area contributed by atoms with Crippen LogP contribution in [-0.2, 0) is 28.7 Å². The van der Waals surface area contributed by atoms with Gasteiger partial charge in [0.2, 0.25) is 5.91 Å². The van der Waals surface area contributed by atoms with Crippen molar-refractivity contribution >= 4 is 23.4 Å². The summed E-state index contributed by atoms with van der Waals surface area (Å²) in [5.41, 5.74) is 2.55. The van der Waals surface area contributed by atoms with Crippen LogP contribution < -0.4 is 9.64 Å². The van der Waals surface area contributed by atoms with E-state index in [4.69, 9.17) is 4.74 Å². The Morgan fingerprint density at radius 3 is 2.08 bits per heavy atom. The average Bonchev–Trinajstić information content (AvgIpc) is 3.12. The van der Waals surface area contributed by atoms with Crippen LogP contribution in [0.25, 0.3) is 0 Å². The van der Waals surface area contributed by atoms with Gasteiger partial charge in [0, 0.05) is 22.6 Å². The first kappa shape index (κ1) is 25.0. The number of anilines is 1. The summed E-state index contributed by atoms with van der Waals surface area (Å²) in [7, 11) is 1.60. The van der Waals surface area contributed by atoms with Crippen LogP contribution in [0, 0.1) is 0 Å². The van der Waals surface area contributed by atoms with Gasteiger partial charge in [0.15, 0.2) is 0 Å². The standard InChI is InChI=1S/C30H24F3NO2S/c1-36-24-17-13-22(14-18-24)20-34-27-10-6-5-9-26(27)29(28(34)35,37-25-7-3-2-4-8-25)19-21-11-15-23(16-12-21)30(31,32)33/h2-18H,19-20H2,1H3. The van der Waals surface area contributed by atoms with Crippen molar-refractivity contribution in [2.24, 2.45) is 0 Å². The Labute approximate surface area is 217 Å². The molecule has 0 N–H and O–H groups in total. The highest BCUT2D eigenvalue weighted by molar-refractivity contribution is 8.01. The number of carbonyl (C=O) groups is 1. The van der Waals surface area contributed by atoms with Gasteiger partial charge in [-0.2, -0.15) is 13.2 Å². The van der Waals surface area contributed by atoms with Crippen LogP contribution in [0.3, 0.4) is 0 Å². The minimum atomic E-state index is -4.42. The number of amides is 1. The fourth-order valence-corrected chi connectivity index (χ4v) is 6.07. The Morgan fingerprint density at radius 1 is 0.811 bits per heavy atom. The van der Waals surface area contributed by atoms with Crippen molar-refractivity contribution in [1.29, 1.82) is 0 Å². The zero-order valence-electron chi connectivity index (χ0n) is 20.0. The summed E-state index contributed by atoms with van der Waals surface area (Å²) in [6.07, 6.45) is -4.17. The monoisotopic (exact) mass is 519 g/mol. The number of hydrogen-bond donors (Lipinski definition) is 0. The van der Waals surface area contributed by atoms with Crippen LogP contribution in [0.5, 0.6) is 5.75 Å². The highest BCUT2D eigenvalue weighted by atomic mass is 32.2. The lowest BCUT2D eigenvalue weighted by Crippen LogP contribution is -2.39. The molecule has 0 aliphatic carbocycles. The molecule has 4 aromatic carbocycles. The minimum absolute atomic E-state index is 0.0988. The highest BCUT2D eigenvalue weighted by Crippen LogP contribution is 2.53. The van der Waals surface area contributed by atoms with Crippen molar-refractivity contribution in [3.63, 3.8) is 0 Å². The molecule has 0 aromatic heterocycles. The molecule has 5 rings (SSSR count). The maximum absolute atomic E-state index is 14.3. The van der Waals surface area contributed by atoms with Gasteiger partial charge in [-0.05, 0) is 53.6 Å². The summed E-state index contributed by atoms with van der Waals surface area (Å²) in [5.74, 6) is 0.631. The first-order valence-electron chi connectivity index (χ1n) is 11.7. The van der Waals surface area contributed by atoms with Gasteiger partial charge in [-0.1, -0.05) is 60.7 Å². The molecule has 1 aliphatic rings. The second-order valence-electron chi connectivity index (χ2n) is 8.87. The van der Waals surface area contributed by atoms with Crippen LogP contribution in [0.4, 0.5) is 18.9 Å². The molecule has 1 unspecified atom stereocenters. The maximum Gasteiger partial charge on any atom is 0.416 e. The van der Waals surface area contributed by atoms with Gasteiger partial charge in [-0.25, -0.2) is 0 Å². The number of alkyl halides is 3. The number of hydrogen-bond acceptors (Lipinski definition) is 3. The van der Waals surface area contributed by atoms with Gasteiger partial charge in [0.05, 0.1) is 19.2 Å². The molecule has 37 heavy (non-hydrogen) atoms. The summed E-state index contributed by atoms with van der Waals surface area (Å²) < 4.78 is 43.8. The first-order valence-corrected chi connectivity index (χ1v) is 12.6. The molecule has 188 valence electrons. The van der Waals surface area contributed by atoms with Crippen molar-refractivity contribution in [1.82, 2.24) is 0 Å². The fraction of sp³-hybridized carbons (Fsp3) is 0.167. The van der Waals surface area contributed by atoms with E-state index in [-0.39, 0.29) is 12.3 Å². The van der Waals surface area contributed by atoms with E-state index in [0.29, 0.717) is 12.1 Å². The van der Waals surface area contributed by atoms with E-state index < -0.39 is 16.5 Å². The van der Waals surface area contributed by atoms with Crippen molar-refractivity contribution in [3.8, 4) is 5.75 Å². The normalized spacial score (nSPS) is 17.1. The molecule has 7 heteroatoms. The van der Waals surface area contributed by atoms with Crippen molar-refractivity contribution in [2.45, 2.75) is 28.8 Å². The van der Waals surface area contributed by atoms with E-state index in [2.05, 4.69) is 0 Å². The molecule has 1 amide bonds. The zero-order valence-corrected chi connectivity index (χ0v) is 20.9. The summed E-state index contributed by atoms with van der Waals surface area (Å²) >= 11 is 1.44. The summed E-state index contributed by atoms with van der Waals surface area (Å²) in [5, 5.41) is 0. The van der Waals surface area contributed by atoms with E-state index in [1.165, 1.54) is 23.9 Å². The number of fused-ring (bicyclic) bond motifs is 1. The van der Waals surface area contributed by atoms with Gasteiger partial charge in [-0.15, -0.1) is 11.8 Å². The number of para-hydroxylation sites is 1. The Balaban J connectivity index is 1.57. The lowest BCUT2D eigenvalue weighted by molar-refractivity contribution is -0.137. The molecule has 0 saturated heterocycles. The lowest BCUT2D eigenvalue weighted by Gasteiger charge is -2.29. The Hall–Kier alpha value is -3.71. The van der Waals surface area contributed by atoms with E-state index in [1.807, 2.05) is 78.9 Å². The van der Waals surface area contributed by atoms with Crippen molar-refractivity contribution < 1.29 is 22.7 Å². The van der Waals surface area contributed by atoms with E-state index in [0.717, 1.165) is 39.6 Å². The van der Waals surface area contributed by atoms with E-state index >= 15 is 0 Å². The molecule has 0 spiro atoms. The average molecular weight is 520 g/mol. The van der Waals surface area contributed by atoms with Gasteiger partial charge in [0.25, 0.3) is 0 Å². The number of carbonyl (C=O) groups excluding carboxylic acids is 1. The molecule has 0 bridgehead atoms. The van der Waals surface area contributed by atoms with Gasteiger partial charge >= 0.3 is 6.18 Å². The van der Waals surface area contributed by atoms with E-state index in [1.54, 1.807) is 12.0 Å². The third-order valence-corrected chi connectivity index (χ3v) is 7.89. The number of benzene rings is 4. The summed E-state index contributed by atoms with van der Waals surface area (Å²) in [6.45, 7) is 0.365. The molecule has 3 nitrogen and oxygen atoms in total. The lowest BCUT2D eigenvalue weighted by atomic mass is 9.91. The zero-order chi connectivity index (χ0) is 26.0. The van der Waals surface area contributed by atoms with Crippen molar-refractivity contribution in [2.75, 3.05) is 12.0 Å². The molecule has 0 fully saturated rings. The van der Waals surface area contributed by atoms with Crippen molar-refractivity contribution in [3.05, 3.63) is 125 Å². The Bertz CT molecular complexity index is 1390. The highest BCUT2D eigenvalue weighted by Gasteiger charge is 2.51. The largest absolute Gasteiger partial charge is 0.497 e. The second-order valence-corrected chi connectivity index (χ2v) is 10.2. The number of halogens is 3. The Kier molecular flexibility index (Phi) is 6.73. The van der Waals surface area contributed by atoms with Crippen LogP contribution in [0.1, 0.15) is 22.3 Å². The number of thioether (sulfide) groups is 1. The SMILES string of the molecule is COc1ccc(CN2C(=O)C(Cc3ccc(C(F)(F)F)cc3)(Sc3ccccc3)c3ccccc32)cc1. The first-order chi connectivity index (χ1) is 17.8. The van der Waals surface area contributed by atoms with Crippen LogP contribution in [0.2, 0.25) is 0 Å². The van der Waals surface area contributed by atoms with Gasteiger partial charge in [0.1, 0.15) is 10.5 Å². The molecular weight excluding hydrogens is 495 g/mol. The van der Waals surface area contributed by atoms with Crippen LogP contribution >= 0.6 is 11.8 Å². The van der Waals surface area contributed by atoms with Gasteiger partial charge < -0.3 is 9.64 Å². The molecule has 0 radical (unpaired) electrons. The summed E-state index contributed by atoms with van der Waals surface area (Å²) in [4.78, 5) is 17.0. The van der Waals surface area contributed by atoms with Crippen LogP contribution in [-0.4, -0.2) is 13.0 Å². The smallest absolute Gasteiger partial charge is 0.416 e. The molecule has 1 heterocycles. The molecule has 1 atom stereocenters. The predicted octanol–water partition coefficient (Wildman–Crippen LogP) is 7.49. The number of nitrogens with zero attached hydrogens (tertiary/aromatic N) is 1. The topological polar surface area (TPSA) is 29.5 Å². The minimum Gasteiger partial charge on any atom is -0.497 e. The Morgan fingerprint density at radius 2 is 1.43 bits per heavy atom. The van der Waals surface area contributed by atoms with Gasteiger partial charge in [-0.3, -0.25) is 4.79 Å². The number of ether oxygens (including phenoxy) is 1. The quantitative estimate of drug-likeness (QED) is 0.253. The maximum atomic E-state index is 14.3. The van der Waals surface area contributed by atoms with E-state index in [9.17, 15) is 18.0 Å². The molecular formula is C30H24F3NO2S. The number of rotatable bonds is 7.